The quantitative estimate of drug-likeness (QED) is 0.153. The van der Waals surface area contributed by atoms with E-state index in [4.69, 9.17) is 4.74 Å². The average molecular weight is 825 g/mol. The number of aromatic hydroxyl groups is 3. The largest absolute Gasteiger partial charge is 0.507 e. The summed E-state index contributed by atoms with van der Waals surface area (Å²) in [5, 5.41) is 30.6. The van der Waals surface area contributed by atoms with Crippen LogP contribution in [-0.2, 0) is 24.5 Å². The van der Waals surface area contributed by atoms with Gasteiger partial charge in [0.1, 0.15) is 28.2 Å². The maximum absolute atomic E-state index is 14.5. The van der Waals surface area contributed by atoms with E-state index >= 15 is 0 Å². The Morgan fingerprint density at radius 1 is 0.730 bits per heavy atom. The van der Waals surface area contributed by atoms with Crippen molar-refractivity contribution in [3.05, 3.63) is 87.1 Å². The summed E-state index contributed by atoms with van der Waals surface area (Å²) >= 11 is 16.2. The second-order valence-corrected chi connectivity index (χ2v) is 12.2. The van der Waals surface area contributed by atoms with Crippen LogP contribution in [0.2, 0.25) is 0 Å². The summed E-state index contributed by atoms with van der Waals surface area (Å²) in [5.41, 5.74) is -2.32. The molecule has 4 rings (SSSR count). The van der Waals surface area contributed by atoms with Crippen LogP contribution in [0.5, 0.6) is 17.2 Å². The highest BCUT2D eigenvalue weighted by Gasteiger charge is 2.59. The van der Waals surface area contributed by atoms with Crippen LogP contribution < -0.4 is 0 Å². The molecule has 0 saturated heterocycles. The third kappa shape index (κ3) is 4.40. The van der Waals surface area contributed by atoms with Gasteiger partial charge in [0.25, 0.3) is 0 Å². The van der Waals surface area contributed by atoms with Gasteiger partial charge >= 0.3 is 5.97 Å². The zero-order valence-corrected chi connectivity index (χ0v) is 26.3. The molecule has 37 heavy (non-hydrogen) atoms. The van der Waals surface area contributed by atoms with E-state index in [1.54, 1.807) is 0 Å². The van der Waals surface area contributed by atoms with E-state index in [9.17, 15) is 29.7 Å². The molecule has 12 heteroatoms. The Hall–Kier alpha value is -1.99. The number of halogens is 5. The van der Waals surface area contributed by atoms with Gasteiger partial charge in [-0.1, -0.05) is 6.07 Å². The molecule has 0 heterocycles. The summed E-state index contributed by atoms with van der Waals surface area (Å²) in [6, 6.07) is 9.79. The Bertz CT molecular complexity index is 1520. The monoisotopic (exact) mass is 820 g/mol. The smallest absolute Gasteiger partial charge is 0.342 e. The Morgan fingerprint density at radius 2 is 1.22 bits per heavy atom. The molecule has 1 aliphatic rings. The minimum Gasteiger partial charge on any atom is -0.507 e. The number of carbonyl (C=O) groups is 3. The van der Waals surface area contributed by atoms with E-state index < -0.39 is 28.5 Å². The van der Waals surface area contributed by atoms with Crippen LogP contribution in [0.3, 0.4) is 0 Å². The molecule has 0 unspecified atom stereocenters. The molecular formula is C25H13Br5O7. The Labute approximate surface area is 252 Å². The first-order valence-electron chi connectivity index (χ1n) is 10.1. The van der Waals surface area contributed by atoms with Crippen molar-refractivity contribution in [1.29, 1.82) is 0 Å². The van der Waals surface area contributed by atoms with Crippen LogP contribution >= 0.6 is 79.6 Å². The number of methoxy groups -OCH3 is 1. The van der Waals surface area contributed by atoms with Crippen molar-refractivity contribution < 1.29 is 34.4 Å². The lowest BCUT2D eigenvalue weighted by Gasteiger charge is -2.29. The molecule has 0 radical (unpaired) electrons. The van der Waals surface area contributed by atoms with Gasteiger partial charge in [0, 0.05) is 5.57 Å². The lowest BCUT2D eigenvalue weighted by atomic mass is 9.69. The molecule has 0 aromatic heterocycles. The number of carbonyl (C=O) groups excluding carboxylic acids is 3. The van der Waals surface area contributed by atoms with Gasteiger partial charge in [-0.25, -0.2) is 4.79 Å². The van der Waals surface area contributed by atoms with Crippen LogP contribution in [0.4, 0.5) is 0 Å². The van der Waals surface area contributed by atoms with Crippen LogP contribution in [-0.4, -0.2) is 40.0 Å². The molecule has 190 valence electrons. The highest BCUT2D eigenvalue weighted by Crippen LogP contribution is 2.51. The molecular weight excluding hydrogens is 812 g/mol. The number of esters is 1. The molecule has 0 spiro atoms. The predicted octanol–water partition coefficient (Wildman–Crippen LogP) is 6.68. The van der Waals surface area contributed by atoms with Crippen molar-refractivity contribution in [3.63, 3.8) is 0 Å². The van der Waals surface area contributed by atoms with Gasteiger partial charge in [-0.3, -0.25) is 9.59 Å². The third-order valence-corrected chi connectivity index (χ3v) is 8.96. The topological polar surface area (TPSA) is 121 Å². The first-order chi connectivity index (χ1) is 17.4. The van der Waals surface area contributed by atoms with Crippen molar-refractivity contribution in [2.75, 3.05) is 7.11 Å². The number of Topliss-reactive ketones (excluding diaryl/α,β-unsaturated/α-hetero) is 2. The SMILES string of the molecule is COC(=O)C1=C(c2cc(Br)c(O)c(Br)c2)C(=O)[C@](c2ccc(O)c(Br)c2)(c2cc(Br)c(O)c(Br)c2)C1=O. The summed E-state index contributed by atoms with van der Waals surface area (Å²) in [7, 11) is 1.10. The molecule has 0 fully saturated rings. The van der Waals surface area contributed by atoms with Crippen LogP contribution in [0.25, 0.3) is 5.57 Å². The van der Waals surface area contributed by atoms with Gasteiger partial charge in [0.05, 0.1) is 29.5 Å². The summed E-state index contributed by atoms with van der Waals surface area (Å²) in [4.78, 5) is 41.9. The number of ether oxygens (including phenoxy) is 1. The molecule has 0 bridgehead atoms. The van der Waals surface area contributed by atoms with E-state index in [1.807, 2.05) is 0 Å². The Balaban J connectivity index is 2.15. The van der Waals surface area contributed by atoms with Gasteiger partial charge in [0.2, 0.25) is 0 Å². The summed E-state index contributed by atoms with van der Waals surface area (Å²) in [6.07, 6.45) is 0. The van der Waals surface area contributed by atoms with E-state index in [1.165, 1.54) is 42.5 Å². The first-order valence-corrected chi connectivity index (χ1v) is 14.1. The zero-order chi connectivity index (χ0) is 27.4. The maximum Gasteiger partial charge on any atom is 0.342 e. The number of allylic oxidation sites excluding steroid dienone is 1. The molecule has 0 amide bonds. The molecule has 0 saturated carbocycles. The number of rotatable bonds is 4. The highest BCUT2D eigenvalue weighted by molar-refractivity contribution is 9.11. The van der Waals surface area contributed by atoms with Crippen molar-refractivity contribution in [1.82, 2.24) is 0 Å². The fourth-order valence-corrected chi connectivity index (χ4v) is 6.95. The zero-order valence-electron chi connectivity index (χ0n) is 18.4. The molecule has 3 aromatic carbocycles. The summed E-state index contributed by atoms with van der Waals surface area (Å²) in [6.45, 7) is 0. The van der Waals surface area contributed by atoms with Crippen molar-refractivity contribution >= 4 is 103 Å². The Kier molecular flexibility index (Phi) is 7.80. The van der Waals surface area contributed by atoms with Gasteiger partial charge in [-0.15, -0.1) is 0 Å². The number of benzene rings is 3. The summed E-state index contributed by atoms with van der Waals surface area (Å²) < 4.78 is 5.94. The van der Waals surface area contributed by atoms with Gasteiger partial charge < -0.3 is 20.1 Å². The molecule has 3 aromatic rings. The average Bonchev–Trinajstić information content (AvgIpc) is 3.08. The fourth-order valence-electron chi connectivity index (χ4n) is 4.20. The number of ketones is 2. The van der Waals surface area contributed by atoms with Gasteiger partial charge in [-0.05, 0) is 133 Å². The highest BCUT2D eigenvalue weighted by atomic mass is 79.9. The van der Waals surface area contributed by atoms with Crippen molar-refractivity contribution in [2.45, 2.75) is 5.41 Å². The minimum atomic E-state index is -2.09. The van der Waals surface area contributed by atoms with Gasteiger partial charge in [0.15, 0.2) is 11.6 Å². The van der Waals surface area contributed by atoms with E-state index in [2.05, 4.69) is 79.6 Å². The number of hydrogen-bond donors (Lipinski definition) is 3. The van der Waals surface area contributed by atoms with Crippen LogP contribution in [0.15, 0.2) is 70.4 Å². The number of phenolic OH excluding ortho intramolecular Hbond substituents is 3. The molecule has 1 atom stereocenters. The van der Waals surface area contributed by atoms with Crippen LogP contribution in [0, 0.1) is 0 Å². The minimum absolute atomic E-state index is 0.127. The standard InChI is InChI=1S/C25H13Br5O7/c1-37-24(36)19-18(9-4-13(27)20(32)14(28)5-9)22(34)25(23(19)35,10-2-3-17(31)12(26)6-10)11-7-15(29)21(33)16(30)8-11/h2-8,31-33H,1H3/t25-/m0/s1. The lowest BCUT2D eigenvalue weighted by molar-refractivity contribution is -0.138. The number of phenols is 3. The normalized spacial score (nSPS) is 17.5. The van der Waals surface area contributed by atoms with Gasteiger partial charge in [-0.2, -0.15) is 0 Å². The maximum atomic E-state index is 14.5. The first kappa shape index (κ1) is 28.0. The van der Waals surface area contributed by atoms with Crippen molar-refractivity contribution in [3.8, 4) is 17.2 Å². The predicted molar refractivity (Wildman–Crippen MR) is 153 cm³/mol. The van der Waals surface area contributed by atoms with Crippen LogP contribution in [0.1, 0.15) is 16.7 Å². The van der Waals surface area contributed by atoms with E-state index in [0.29, 0.717) is 0 Å². The second kappa shape index (κ2) is 10.3. The number of hydrogen-bond acceptors (Lipinski definition) is 7. The molecule has 3 N–H and O–H groups in total. The molecule has 1 aliphatic carbocycles. The molecule has 0 aliphatic heterocycles. The van der Waals surface area contributed by atoms with E-state index in [0.717, 1.165) is 7.11 Å². The second-order valence-electron chi connectivity index (χ2n) is 7.89. The lowest BCUT2D eigenvalue weighted by Crippen LogP contribution is -2.42. The van der Waals surface area contributed by atoms with Crippen molar-refractivity contribution in [2.24, 2.45) is 0 Å². The van der Waals surface area contributed by atoms with E-state index in [-0.39, 0.29) is 61.9 Å². The third-order valence-electron chi connectivity index (χ3n) is 5.91. The summed E-state index contributed by atoms with van der Waals surface area (Å²) in [5.74, 6) is -3.05. The molecule has 7 nitrogen and oxygen atoms in total. The Morgan fingerprint density at radius 3 is 1.70 bits per heavy atom. The fraction of sp³-hybridized carbons (Fsp3) is 0.0800.